The quantitative estimate of drug-likeness (QED) is 0.360. The molecule has 0 unspecified atom stereocenters. The number of benzene rings is 2. The van der Waals surface area contributed by atoms with E-state index in [0.29, 0.717) is 18.3 Å². The summed E-state index contributed by atoms with van der Waals surface area (Å²) in [5, 5.41) is 16.9. The molecule has 9 heteroatoms. The van der Waals surface area contributed by atoms with E-state index in [4.69, 9.17) is 0 Å². The maximum Gasteiger partial charge on any atom is 0.293 e. The third-order valence-electron chi connectivity index (χ3n) is 5.42. The molecule has 0 saturated carbocycles. The highest BCUT2D eigenvalue weighted by Crippen LogP contribution is 2.26. The van der Waals surface area contributed by atoms with Gasteiger partial charge in [-0.25, -0.2) is 8.78 Å². The average molecular weight is 432 g/mol. The summed E-state index contributed by atoms with van der Waals surface area (Å²) in [5.74, 6) is -1.59. The molecular weight excluding hydrogens is 406 g/mol. The van der Waals surface area contributed by atoms with E-state index < -0.39 is 22.5 Å². The smallest absolute Gasteiger partial charge is 0.293 e. The van der Waals surface area contributed by atoms with Gasteiger partial charge in [-0.1, -0.05) is 6.92 Å². The number of carbonyl (C=O) groups excluding carboxylic acids is 1. The lowest BCUT2D eigenvalue weighted by atomic mass is 9.99. The van der Waals surface area contributed by atoms with Crippen LogP contribution in [0.1, 0.15) is 36.5 Å². The first-order chi connectivity index (χ1) is 14.8. The van der Waals surface area contributed by atoms with Gasteiger partial charge in [0.2, 0.25) is 0 Å². The van der Waals surface area contributed by atoms with Crippen LogP contribution in [0.4, 0.5) is 25.8 Å². The molecule has 1 saturated heterocycles. The van der Waals surface area contributed by atoms with Crippen LogP contribution in [0.5, 0.6) is 0 Å². The summed E-state index contributed by atoms with van der Waals surface area (Å²) in [5.41, 5.74) is 0.0410. The molecular formula is C22H26F2N4O3. The molecule has 0 bridgehead atoms. The number of nitro groups is 1. The fourth-order valence-corrected chi connectivity index (χ4v) is 3.61. The van der Waals surface area contributed by atoms with Gasteiger partial charge in [-0.2, -0.15) is 0 Å². The Kier molecular flexibility index (Phi) is 7.51. The van der Waals surface area contributed by atoms with Crippen molar-refractivity contribution < 1.29 is 18.5 Å². The number of hydrogen-bond donors (Lipinski definition) is 2. The van der Waals surface area contributed by atoms with Crippen LogP contribution < -0.4 is 10.6 Å². The van der Waals surface area contributed by atoms with E-state index in [0.717, 1.165) is 50.2 Å². The summed E-state index contributed by atoms with van der Waals surface area (Å²) >= 11 is 0. The van der Waals surface area contributed by atoms with Gasteiger partial charge in [-0.15, -0.1) is 0 Å². The summed E-state index contributed by atoms with van der Waals surface area (Å²) in [6.45, 7) is 5.93. The molecule has 1 amide bonds. The number of nitrogens with one attached hydrogen (secondary N) is 2. The topological polar surface area (TPSA) is 87.5 Å². The molecule has 7 nitrogen and oxygen atoms in total. The minimum atomic E-state index is -0.833. The first-order valence-corrected chi connectivity index (χ1v) is 10.3. The number of nitro benzene ring substituents is 1. The number of hydrogen-bond acceptors (Lipinski definition) is 5. The molecule has 1 fully saturated rings. The molecule has 3 rings (SSSR count). The van der Waals surface area contributed by atoms with E-state index in [1.54, 1.807) is 0 Å². The largest absolute Gasteiger partial charge is 0.379 e. The molecule has 1 aliphatic heterocycles. The number of amides is 1. The van der Waals surface area contributed by atoms with Crippen LogP contribution in [0.25, 0.3) is 0 Å². The Labute approximate surface area is 179 Å². The average Bonchev–Trinajstić information content (AvgIpc) is 2.71. The zero-order valence-corrected chi connectivity index (χ0v) is 17.4. The highest BCUT2D eigenvalue weighted by molar-refractivity contribution is 6.05. The van der Waals surface area contributed by atoms with Crippen LogP contribution in [0.2, 0.25) is 0 Å². The lowest BCUT2D eigenvalue weighted by Crippen LogP contribution is -2.34. The van der Waals surface area contributed by atoms with Gasteiger partial charge in [0, 0.05) is 29.9 Å². The number of piperidine rings is 1. The third-order valence-corrected chi connectivity index (χ3v) is 5.42. The fourth-order valence-electron chi connectivity index (χ4n) is 3.61. The molecule has 2 aromatic carbocycles. The molecule has 2 N–H and O–H groups in total. The predicted octanol–water partition coefficient (Wildman–Crippen LogP) is 4.66. The second-order valence-electron chi connectivity index (χ2n) is 7.91. The summed E-state index contributed by atoms with van der Waals surface area (Å²) in [6, 6.07) is 6.68. The fraction of sp³-hybridized carbons (Fsp3) is 0.409. The molecule has 31 heavy (non-hydrogen) atoms. The van der Waals surface area contributed by atoms with Crippen LogP contribution in [0.3, 0.4) is 0 Å². The van der Waals surface area contributed by atoms with Gasteiger partial charge >= 0.3 is 0 Å². The number of halogens is 2. The maximum absolute atomic E-state index is 13.3. The van der Waals surface area contributed by atoms with Crippen molar-refractivity contribution in [3.63, 3.8) is 0 Å². The summed E-state index contributed by atoms with van der Waals surface area (Å²) < 4.78 is 26.6. The van der Waals surface area contributed by atoms with Crippen LogP contribution in [-0.4, -0.2) is 41.9 Å². The van der Waals surface area contributed by atoms with Gasteiger partial charge in [0.15, 0.2) is 0 Å². The van der Waals surface area contributed by atoms with E-state index in [2.05, 4.69) is 22.5 Å². The number of likely N-dealkylation sites (tertiary alicyclic amines) is 1. The zero-order chi connectivity index (χ0) is 22.4. The minimum Gasteiger partial charge on any atom is -0.379 e. The Balaban J connectivity index is 1.59. The van der Waals surface area contributed by atoms with E-state index in [1.165, 1.54) is 25.0 Å². The summed E-state index contributed by atoms with van der Waals surface area (Å²) in [4.78, 5) is 25.7. The molecule has 0 aliphatic carbocycles. The zero-order valence-electron chi connectivity index (χ0n) is 17.4. The maximum atomic E-state index is 13.3. The number of nitrogens with zero attached hydrogens (tertiary/aromatic N) is 2. The van der Waals surface area contributed by atoms with Crippen molar-refractivity contribution in [2.75, 3.05) is 36.8 Å². The first-order valence-electron chi connectivity index (χ1n) is 10.3. The highest BCUT2D eigenvalue weighted by atomic mass is 19.1. The normalized spacial score (nSPS) is 14.9. The second kappa shape index (κ2) is 10.3. The Morgan fingerprint density at radius 1 is 1.16 bits per heavy atom. The summed E-state index contributed by atoms with van der Waals surface area (Å²) in [6.07, 6.45) is 3.24. The Morgan fingerprint density at radius 2 is 1.84 bits per heavy atom. The Bertz CT molecular complexity index is 926. The number of anilines is 2. The van der Waals surface area contributed by atoms with Crippen molar-refractivity contribution in [2.24, 2.45) is 5.92 Å². The van der Waals surface area contributed by atoms with E-state index >= 15 is 0 Å². The predicted molar refractivity (Wildman–Crippen MR) is 115 cm³/mol. The molecule has 1 heterocycles. The first kappa shape index (κ1) is 22.6. The van der Waals surface area contributed by atoms with E-state index in [9.17, 15) is 23.7 Å². The van der Waals surface area contributed by atoms with Crippen molar-refractivity contribution >= 4 is 23.0 Å². The van der Waals surface area contributed by atoms with Crippen LogP contribution in [0, 0.1) is 27.7 Å². The van der Waals surface area contributed by atoms with Gasteiger partial charge in [-0.05, 0) is 69.1 Å². The third kappa shape index (κ3) is 6.45. The minimum absolute atomic E-state index is 0.0179. The van der Waals surface area contributed by atoms with Crippen molar-refractivity contribution in [1.29, 1.82) is 0 Å². The Hall–Kier alpha value is -3.07. The molecule has 0 aromatic heterocycles. The van der Waals surface area contributed by atoms with Crippen LogP contribution in [-0.2, 0) is 0 Å². The molecule has 1 aliphatic rings. The highest BCUT2D eigenvalue weighted by Gasteiger charge is 2.19. The van der Waals surface area contributed by atoms with E-state index in [1.807, 2.05) is 0 Å². The number of carbonyl (C=O) groups is 1. The molecule has 0 spiro atoms. The van der Waals surface area contributed by atoms with E-state index in [-0.39, 0.29) is 16.9 Å². The van der Waals surface area contributed by atoms with Crippen molar-refractivity contribution in [1.82, 2.24) is 4.90 Å². The monoisotopic (exact) mass is 432 g/mol. The SMILES string of the molecule is CC1CCN(CCCNc2ccc(C(=O)Nc3cc(F)cc(F)c3)cc2[N+](=O)[O-])CC1. The van der Waals surface area contributed by atoms with Gasteiger partial charge in [0.05, 0.1) is 4.92 Å². The van der Waals surface area contributed by atoms with Gasteiger partial charge < -0.3 is 15.5 Å². The van der Waals surface area contributed by atoms with Gasteiger partial charge in [0.1, 0.15) is 17.3 Å². The second-order valence-corrected chi connectivity index (χ2v) is 7.91. The van der Waals surface area contributed by atoms with Gasteiger partial charge in [-0.3, -0.25) is 14.9 Å². The lowest BCUT2D eigenvalue weighted by molar-refractivity contribution is -0.384. The summed E-state index contributed by atoms with van der Waals surface area (Å²) in [7, 11) is 0. The molecule has 2 aromatic rings. The van der Waals surface area contributed by atoms with Gasteiger partial charge in [0.25, 0.3) is 11.6 Å². The number of rotatable bonds is 8. The van der Waals surface area contributed by atoms with Crippen LogP contribution >= 0.6 is 0 Å². The molecule has 0 radical (unpaired) electrons. The lowest BCUT2D eigenvalue weighted by Gasteiger charge is -2.30. The standard InChI is InChI=1S/C22H26F2N4O3/c1-15-5-9-27(10-6-15)8-2-7-25-20-4-3-16(11-21(20)28(30)31)22(29)26-19-13-17(23)12-18(24)14-19/h3-4,11-15,25H,2,5-10H2,1H3,(H,26,29). The molecule has 166 valence electrons. The van der Waals surface area contributed by atoms with Crippen LogP contribution in [0.15, 0.2) is 36.4 Å². The van der Waals surface area contributed by atoms with Crippen molar-refractivity contribution in [3.05, 3.63) is 63.7 Å². The Morgan fingerprint density at radius 3 is 2.48 bits per heavy atom. The van der Waals surface area contributed by atoms with Crippen molar-refractivity contribution in [3.8, 4) is 0 Å². The molecule has 0 atom stereocenters. The van der Waals surface area contributed by atoms with Crippen molar-refractivity contribution in [2.45, 2.75) is 26.2 Å².